The van der Waals surface area contributed by atoms with E-state index in [9.17, 15) is 9.59 Å². The van der Waals surface area contributed by atoms with Gasteiger partial charge in [-0.05, 0) is 37.5 Å². The number of hydrogen-bond donors (Lipinski definition) is 0. The van der Waals surface area contributed by atoms with Crippen molar-refractivity contribution in [2.75, 3.05) is 13.1 Å². The number of hydrogen-bond acceptors (Lipinski definition) is 5. The van der Waals surface area contributed by atoms with Crippen LogP contribution in [0.1, 0.15) is 40.7 Å². The van der Waals surface area contributed by atoms with Crippen LogP contribution >= 0.6 is 0 Å². The Balaban J connectivity index is 1.51. The summed E-state index contributed by atoms with van der Waals surface area (Å²) >= 11 is 0. The molecule has 1 aromatic carbocycles. The van der Waals surface area contributed by atoms with Crippen LogP contribution in [0.4, 0.5) is 0 Å². The second-order valence-corrected chi connectivity index (χ2v) is 7.88. The quantitative estimate of drug-likeness (QED) is 0.509. The number of aromatic nitrogens is 4. The number of pyridine rings is 1. The molecule has 1 amide bonds. The van der Waals surface area contributed by atoms with E-state index in [-0.39, 0.29) is 23.4 Å². The summed E-state index contributed by atoms with van der Waals surface area (Å²) in [6.07, 6.45) is 4.60. The van der Waals surface area contributed by atoms with Crippen molar-refractivity contribution >= 4 is 17.1 Å². The predicted octanol–water partition coefficient (Wildman–Crippen LogP) is 3.02. The summed E-state index contributed by atoms with van der Waals surface area (Å²) in [6.45, 7) is 3.28. The van der Waals surface area contributed by atoms with Crippen LogP contribution in [0.25, 0.3) is 11.2 Å². The first-order chi connectivity index (χ1) is 15.1. The van der Waals surface area contributed by atoms with Crippen LogP contribution in [-0.4, -0.2) is 43.0 Å². The number of amides is 1. The van der Waals surface area contributed by atoms with Crippen molar-refractivity contribution in [2.45, 2.75) is 32.4 Å². The molecule has 8 heteroatoms. The molecule has 1 aliphatic heterocycles. The van der Waals surface area contributed by atoms with Gasteiger partial charge in [-0.2, -0.15) is 0 Å². The van der Waals surface area contributed by atoms with Crippen LogP contribution < -0.4 is 5.69 Å². The first-order valence-corrected chi connectivity index (χ1v) is 10.4. The van der Waals surface area contributed by atoms with Gasteiger partial charge in [0.1, 0.15) is 0 Å². The summed E-state index contributed by atoms with van der Waals surface area (Å²) in [4.78, 5) is 36.7. The molecule has 1 aliphatic rings. The van der Waals surface area contributed by atoms with E-state index < -0.39 is 0 Å². The Morgan fingerprint density at radius 1 is 1.16 bits per heavy atom. The molecule has 4 aromatic rings. The van der Waals surface area contributed by atoms with Crippen molar-refractivity contribution in [1.82, 2.24) is 24.0 Å². The van der Waals surface area contributed by atoms with Gasteiger partial charge in [0.15, 0.2) is 12.0 Å². The highest BCUT2D eigenvalue weighted by atomic mass is 16.3. The Hall–Kier alpha value is -3.68. The van der Waals surface area contributed by atoms with Crippen LogP contribution in [-0.2, 0) is 6.54 Å². The number of rotatable bonds is 4. The lowest BCUT2D eigenvalue weighted by molar-refractivity contribution is 0.0646. The van der Waals surface area contributed by atoms with Crippen LogP contribution in [0.2, 0.25) is 0 Å². The molecule has 0 saturated carbocycles. The Kier molecular flexibility index (Phi) is 4.89. The fourth-order valence-corrected chi connectivity index (χ4v) is 4.36. The normalized spacial score (nSPS) is 16.7. The number of nitrogens with zero attached hydrogens (tertiary/aromatic N) is 5. The van der Waals surface area contributed by atoms with Crippen molar-refractivity contribution in [3.8, 4) is 0 Å². The first-order valence-electron chi connectivity index (χ1n) is 10.4. The summed E-state index contributed by atoms with van der Waals surface area (Å²) in [7, 11) is 0. The summed E-state index contributed by atoms with van der Waals surface area (Å²) in [6, 6.07) is 13.5. The second kappa shape index (κ2) is 7.86. The Morgan fingerprint density at radius 2 is 2.00 bits per heavy atom. The third-order valence-corrected chi connectivity index (χ3v) is 5.89. The minimum Gasteiger partial charge on any atom is -0.438 e. The molecule has 8 nitrogen and oxygen atoms in total. The van der Waals surface area contributed by atoms with E-state index in [4.69, 9.17) is 4.42 Å². The molecule has 158 valence electrons. The maximum Gasteiger partial charge on any atom is 0.330 e. The van der Waals surface area contributed by atoms with Gasteiger partial charge in [-0.25, -0.2) is 14.8 Å². The number of oxazole rings is 1. The summed E-state index contributed by atoms with van der Waals surface area (Å²) in [5, 5.41) is 0. The monoisotopic (exact) mass is 417 g/mol. The van der Waals surface area contributed by atoms with Gasteiger partial charge >= 0.3 is 5.69 Å². The fourth-order valence-electron chi connectivity index (χ4n) is 4.36. The topological polar surface area (TPSA) is 86.2 Å². The molecule has 1 fully saturated rings. The minimum absolute atomic E-state index is 0.104. The number of likely N-dealkylation sites (tertiary alicyclic amines) is 1. The van der Waals surface area contributed by atoms with Crippen LogP contribution in [0.15, 0.2) is 64.3 Å². The standard InChI is InChI=1S/C23H23N5O3/c1-16-20(31-15-25-16)22(29)26-12-6-9-18(14-26)28-21-19(10-5-11-24-21)27(23(28)30)13-17-7-3-2-4-8-17/h2-5,7-8,10-11,15,18H,6,9,12-14H2,1H3/t18-/m0/s1. The number of carbonyl (C=O) groups is 1. The SMILES string of the molecule is Cc1ncoc1C(=O)N1CCC[C@H](n2c(=O)n(Cc3ccccc3)c3cccnc32)C1. The molecule has 0 spiro atoms. The van der Waals surface area contributed by atoms with Crippen molar-refractivity contribution in [1.29, 1.82) is 0 Å². The summed E-state index contributed by atoms with van der Waals surface area (Å²) in [5.74, 6) is 0.0753. The van der Waals surface area contributed by atoms with Crippen molar-refractivity contribution in [3.63, 3.8) is 0 Å². The van der Waals surface area contributed by atoms with E-state index in [1.54, 1.807) is 27.2 Å². The lowest BCUT2D eigenvalue weighted by atomic mass is 10.0. The molecule has 0 radical (unpaired) electrons. The zero-order valence-electron chi connectivity index (χ0n) is 17.3. The van der Waals surface area contributed by atoms with Gasteiger partial charge in [-0.1, -0.05) is 30.3 Å². The average Bonchev–Trinajstić information content (AvgIpc) is 3.35. The van der Waals surface area contributed by atoms with Crippen molar-refractivity contribution in [2.24, 2.45) is 0 Å². The minimum atomic E-state index is -0.186. The average molecular weight is 417 g/mol. The van der Waals surface area contributed by atoms with Gasteiger partial charge in [0.25, 0.3) is 5.91 Å². The fraction of sp³-hybridized carbons (Fsp3) is 0.304. The number of carbonyl (C=O) groups excluding carboxylic acids is 1. The molecule has 0 bridgehead atoms. The highest BCUT2D eigenvalue weighted by Gasteiger charge is 2.31. The number of imidazole rings is 1. The van der Waals surface area contributed by atoms with Gasteiger partial charge in [0.05, 0.1) is 23.8 Å². The zero-order chi connectivity index (χ0) is 21.4. The largest absolute Gasteiger partial charge is 0.438 e. The van der Waals surface area contributed by atoms with E-state index >= 15 is 0 Å². The molecule has 4 heterocycles. The number of fused-ring (bicyclic) bond motifs is 1. The zero-order valence-corrected chi connectivity index (χ0v) is 17.3. The summed E-state index contributed by atoms with van der Waals surface area (Å²) in [5.41, 5.74) is 2.97. The smallest absolute Gasteiger partial charge is 0.330 e. The van der Waals surface area contributed by atoms with Crippen molar-refractivity contribution in [3.05, 3.63) is 82.6 Å². The highest BCUT2D eigenvalue weighted by Crippen LogP contribution is 2.26. The molecule has 31 heavy (non-hydrogen) atoms. The maximum atomic E-state index is 13.5. The predicted molar refractivity (Wildman–Crippen MR) is 115 cm³/mol. The lowest BCUT2D eigenvalue weighted by Gasteiger charge is -2.32. The molecule has 0 unspecified atom stereocenters. The lowest BCUT2D eigenvalue weighted by Crippen LogP contribution is -2.43. The van der Waals surface area contributed by atoms with E-state index in [0.717, 1.165) is 23.9 Å². The van der Waals surface area contributed by atoms with Crippen LogP contribution in [0.3, 0.4) is 0 Å². The molecule has 0 N–H and O–H groups in total. The van der Waals surface area contributed by atoms with E-state index in [1.165, 1.54) is 6.39 Å². The summed E-state index contributed by atoms with van der Waals surface area (Å²) < 4.78 is 8.82. The Labute approximate surface area is 178 Å². The van der Waals surface area contributed by atoms with Crippen LogP contribution in [0, 0.1) is 6.92 Å². The molecule has 5 rings (SSSR count). The van der Waals surface area contributed by atoms with Gasteiger partial charge in [0.2, 0.25) is 5.76 Å². The molecule has 1 atom stereocenters. The number of benzene rings is 1. The van der Waals surface area contributed by atoms with Gasteiger partial charge in [0, 0.05) is 19.3 Å². The molecule has 0 aliphatic carbocycles. The van der Waals surface area contributed by atoms with Gasteiger partial charge in [-0.3, -0.25) is 13.9 Å². The second-order valence-electron chi connectivity index (χ2n) is 7.88. The molecular formula is C23H23N5O3. The van der Waals surface area contributed by atoms with E-state index in [1.807, 2.05) is 42.5 Å². The van der Waals surface area contributed by atoms with Gasteiger partial charge < -0.3 is 9.32 Å². The maximum absolute atomic E-state index is 13.5. The van der Waals surface area contributed by atoms with Crippen molar-refractivity contribution < 1.29 is 9.21 Å². The molecule has 1 saturated heterocycles. The third-order valence-electron chi connectivity index (χ3n) is 5.89. The molecular weight excluding hydrogens is 394 g/mol. The molecule has 3 aromatic heterocycles. The number of piperidine rings is 1. The Bertz CT molecular complexity index is 1290. The Morgan fingerprint density at radius 3 is 2.77 bits per heavy atom. The van der Waals surface area contributed by atoms with E-state index in [0.29, 0.717) is 31.0 Å². The first kappa shape index (κ1) is 19.3. The van der Waals surface area contributed by atoms with Crippen LogP contribution in [0.5, 0.6) is 0 Å². The van der Waals surface area contributed by atoms with E-state index in [2.05, 4.69) is 9.97 Å². The number of aryl methyl sites for hydroxylation is 1. The third kappa shape index (κ3) is 3.43. The highest BCUT2D eigenvalue weighted by molar-refractivity contribution is 5.92. The van der Waals surface area contributed by atoms with Gasteiger partial charge in [-0.15, -0.1) is 0 Å².